The summed E-state index contributed by atoms with van der Waals surface area (Å²) in [5, 5.41) is 0. The van der Waals surface area contributed by atoms with Crippen LogP contribution in [0.4, 0.5) is 58.4 Å². The van der Waals surface area contributed by atoms with Crippen LogP contribution in [-0.2, 0) is 44.8 Å². The monoisotopic (exact) mass is 815 g/mol. The number of aryl methyl sites for hydroxylation is 1. The topological polar surface area (TPSA) is 71.5 Å². The number of benzene rings is 3. The summed E-state index contributed by atoms with van der Waals surface area (Å²) in [7, 11) is -12.5. The molecule has 0 amide bonds. The van der Waals surface area contributed by atoms with Gasteiger partial charge in [0.05, 0.1) is 37.7 Å². The molecular formula is C23H11Br2F12NO4S2. The molecule has 0 spiro atoms. The van der Waals surface area contributed by atoms with Gasteiger partial charge in [-0.3, -0.25) is 0 Å². The van der Waals surface area contributed by atoms with Crippen LogP contribution < -0.4 is 3.71 Å². The summed E-state index contributed by atoms with van der Waals surface area (Å²) in [6.07, 6.45) is -22.5. The summed E-state index contributed by atoms with van der Waals surface area (Å²) >= 11 is 5.59. The molecule has 5 nitrogen and oxygen atoms in total. The predicted octanol–water partition coefficient (Wildman–Crippen LogP) is 9.18. The lowest BCUT2D eigenvalue weighted by Crippen LogP contribution is -2.38. The zero-order chi connectivity index (χ0) is 34.0. The Hall–Kier alpha value is -2.52. The molecular weight excluding hydrogens is 806 g/mol. The van der Waals surface area contributed by atoms with Crippen molar-refractivity contribution in [3.63, 3.8) is 0 Å². The van der Waals surface area contributed by atoms with Gasteiger partial charge in [0.15, 0.2) is 0 Å². The highest BCUT2D eigenvalue weighted by molar-refractivity contribution is 9.11. The lowest BCUT2D eigenvalue weighted by molar-refractivity contribution is -0.145. The molecule has 3 rings (SSSR count). The molecule has 0 saturated heterocycles. The van der Waals surface area contributed by atoms with Crippen molar-refractivity contribution in [3.8, 4) is 0 Å². The van der Waals surface area contributed by atoms with E-state index in [4.69, 9.17) is 0 Å². The second kappa shape index (κ2) is 11.4. The van der Waals surface area contributed by atoms with Gasteiger partial charge in [-0.05, 0) is 92.9 Å². The van der Waals surface area contributed by atoms with Crippen LogP contribution in [0.3, 0.4) is 0 Å². The fraction of sp³-hybridized carbons (Fsp3) is 0.217. The van der Waals surface area contributed by atoms with E-state index in [1.54, 1.807) is 0 Å². The lowest BCUT2D eigenvalue weighted by Gasteiger charge is -2.27. The van der Waals surface area contributed by atoms with Crippen molar-refractivity contribution >= 4 is 57.6 Å². The Balaban J connectivity index is 2.55. The molecule has 0 radical (unpaired) electrons. The molecule has 0 unspecified atom stereocenters. The maximum atomic E-state index is 13.8. The van der Waals surface area contributed by atoms with Crippen LogP contribution in [0.1, 0.15) is 27.8 Å². The minimum atomic E-state index is -6.26. The van der Waals surface area contributed by atoms with Crippen LogP contribution in [0.25, 0.3) is 0 Å². The van der Waals surface area contributed by atoms with Crippen LogP contribution in [0.5, 0.6) is 0 Å². The number of alkyl halides is 12. The van der Waals surface area contributed by atoms with Gasteiger partial charge in [0.25, 0.3) is 20.0 Å². The van der Waals surface area contributed by atoms with Crippen molar-refractivity contribution in [3.05, 3.63) is 85.3 Å². The third-order valence-corrected chi connectivity index (χ3v) is 10.8. The molecule has 0 fully saturated rings. The SMILES string of the molecule is Cc1cc(Br)c(N(S(=O)(=O)c2cc(C(F)(F)F)cc(C(F)(F)F)c2)S(=O)(=O)c2cc(C(F)(F)F)cc(C(F)(F)F)c2)c(Br)c1. The van der Waals surface area contributed by atoms with Crippen molar-refractivity contribution in [1.29, 1.82) is 0 Å². The average Bonchev–Trinajstić information content (AvgIpc) is 2.83. The van der Waals surface area contributed by atoms with E-state index < -0.39 is 107 Å². The Labute approximate surface area is 256 Å². The van der Waals surface area contributed by atoms with E-state index in [2.05, 4.69) is 31.9 Å². The van der Waals surface area contributed by atoms with Crippen molar-refractivity contribution in [1.82, 2.24) is 0 Å². The van der Waals surface area contributed by atoms with E-state index in [-0.39, 0.29) is 29.8 Å². The molecule has 0 aliphatic rings. The largest absolute Gasteiger partial charge is 0.416 e. The Morgan fingerprint density at radius 1 is 0.500 bits per heavy atom. The normalized spacial score (nSPS) is 13.7. The van der Waals surface area contributed by atoms with Crippen LogP contribution in [0.2, 0.25) is 0 Å². The van der Waals surface area contributed by atoms with Gasteiger partial charge in [0, 0.05) is 8.95 Å². The number of halogens is 14. The van der Waals surface area contributed by atoms with Gasteiger partial charge in [0.2, 0.25) is 0 Å². The second-order valence-electron chi connectivity index (χ2n) is 8.77. The molecule has 3 aromatic carbocycles. The van der Waals surface area contributed by atoms with Crippen molar-refractivity contribution in [2.75, 3.05) is 3.71 Å². The Morgan fingerprint density at radius 2 is 0.750 bits per heavy atom. The minimum absolute atomic E-state index is 0.235. The average molecular weight is 817 g/mol. The number of hydrogen-bond donors (Lipinski definition) is 0. The van der Waals surface area contributed by atoms with E-state index in [0.29, 0.717) is 0 Å². The summed E-state index contributed by atoms with van der Waals surface area (Å²) in [4.78, 5) is -3.93. The summed E-state index contributed by atoms with van der Waals surface area (Å²) in [6.45, 7) is 1.36. The molecule has 44 heavy (non-hydrogen) atoms. The molecule has 0 heterocycles. The number of sulfonamides is 2. The fourth-order valence-corrected chi connectivity index (χ4v) is 9.73. The molecule has 242 valence electrons. The summed E-state index contributed by atoms with van der Waals surface area (Å²) < 4.78 is 215. The number of rotatable bonds is 5. The minimum Gasteiger partial charge on any atom is -0.200 e. The molecule has 0 atom stereocenters. The van der Waals surface area contributed by atoms with Crippen molar-refractivity contribution < 1.29 is 69.5 Å². The third kappa shape index (κ3) is 7.30. The zero-order valence-electron chi connectivity index (χ0n) is 20.8. The van der Waals surface area contributed by atoms with E-state index in [0.717, 1.165) is 12.1 Å². The molecule has 3 aromatic rings. The van der Waals surface area contributed by atoms with E-state index in [9.17, 15) is 69.5 Å². The molecule has 0 bridgehead atoms. The fourth-order valence-electron chi connectivity index (χ4n) is 3.58. The molecule has 21 heteroatoms. The highest BCUT2D eigenvalue weighted by Gasteiger charge is 2.45. The highest BCUT2D eigenvalue weighted by Crippen LogP contribution is 2.45. The smallest absolute Gasteiger partial charge is 0.200 e. The first kappa shape index (κ1) is 36.0. The number of nitrogens with zero attached hydrogens (tertiary/aromatic N) is 1. The van der Waals surface area contributed by atoms with Crippen LogP contribution in [0, 0.1) is 6.92 Å². The van der Waals surface area contributed by atoms with Crippen LogP contribution in [0.15, 0.2) is 67.3 Å². The predicted molar refractivity (Wildman–Crippen MR) is 136 cm³/mol. The van der Waals surface area contributed by atoms with Gasteiger partial charge < -0.3 is 0 Å². The maximum Gasteiger partial charge on any atom is 0.416 e. The molecule has 0 N–H and O–H groups in total. The third-order valence-electron chi connectivity index (χ3n) is 5.50. The number of hydrogen-bond acceptors (Lipinski definition) is 4. The van der Waals surface area contributed by atoms with E-state index in [1.807, 2.05) is 0 Å². The summed E-state index contributed by atoms with van der Waals surface area (Å²) in [5.74, 6) is 0. The molecule has 0 aliphatic heterocycles. The Bertz CT molecular complexity index is 1640. The van der Waals surface area contributed by atoms with Crippen LogP contribution in [-0.4, -0.2) is 16.8 Å². The standard InChI is InChI=1S/C23H11Br2F12NO4S2/c1-10-2-17(24)19(18(25)3-10)38(43(39,40)15-6-11(20(26,27)28)4-12(7-15)21(29,30)31)44(41,42)16-8-13(22(32,33)34)5-14(9-16)23(35,36)37/h2-9H,1H3. The summed E-state index contributed by atoms with van der Waals surface area (Å²) in [5.41, 5.74) is -9.77. The van der Waals surface area contributed by atoms with Crippen molar-refractivity contribution in [2.45, 2.75) is 41.4 Å². The van der Waals surface area contributed by atoms with E-state index in [1.165, 1.54) is 6.92 Å². The maximum absolute atomic E-state index is 13.8. The zero-order valence-corrected chi connectivity index (χ0v) is 25.6. The Morgan fingerprint density at radius 3 is 0.977 bits per heavy atom. The number of anilines is 1. The quantitative estimate of drug-likeness (QED) is 0.241. The second-order valence-corrected chi connectivity index (χ2v) is 14.3. The first-order valence-electron chi connectivity index (χ1n) is 10.9. The Kier molecular flexibility index (Phi) is 9.29. The highest BCUT2D eigenvalue weighted by atomic mass is 79.9. The van der Waals surface area contributed by atoms with Gasteiger partial charge in [-0.2, -0.15) is 56.4 Å². The van der Waals surface area contributed by atoms with Gasteiger partial charge in [0.1, 0.15) is 0 Å². The first-order chi connectivity index (χ1) is 19.6. The molecule has 0 aromatic heterocycles. The van der Waals surface area contributed by atoms with E-state index >= 15 is 0 Å². The summed E-state index contributed by atoms with van der Waals surface area (Å²) in [6, 6.07) is -0.493. The molecule has 0 saturated carbocycles. The van der Waals surface area contributed by atoms with Gasteiger partial charge >= 0.3 is 24.7 Å². The van der Waals surface area contributed by atoms with Crippen molar-refractivity contribution in [2.24, 2.45) is 0 Å². The molecule has 0 aliphatic carbocycles. The van der Waals surface area contributed by atoms with Gasteiger partial charge in [-0.25, -0.2) is 16.8 Å². The first-order valence-corrected chi connectivity index (χ1v) is 15.4. The van der Waals surface area contributed by atoms with Gasteiger partial charge in [-0.15, -0.1) is 0 Å². The lowest BCUT2D eigenvalue weighted by atomic mass is 10.1. The van der Waals surface area contributed by atoms with Crippen LogP contribution >= 0.6 is 31.9 Å². The van der Waals surface area contributed by atoms with Gasteiger partial charge in [-0.1, -0.05) is 0 Å².